The molecule has 2 rings (SSSR count). The molecule has 1 spiro atoms. The van der Waals surface area contributed by atoms with Crippen LogP contribution in [0.2, 0.25) is 0 Å². The van der Waals surface area contributed by atoms with Crippen molar-refractivity contribution in [2.24, 2.45) is 0 Å². The lowest BCUT2D eigenvalue weighted by atomic mass is 9.82. The van der Waals surface area contributed by atoms with Crippen LogP contribution in [0.25, 0.3) is 0 Å². The topological polar surface area (TPSA) is 78.5 Å². The van der Waals surface area contributed by atoms with E-state index in [1.807, 2.05) is 0 Å². The molecule has 2 aliphatic rings. The number of urea groups is 1. The standard InChI is InChI=1S/C12H19N3O3/c1-13-9(16)5-8-15-10(17)12(14-11(15)18)6-3-2-4-7-12/h2-8H2,1H3,(H,13,16)(H,14,18). The van der Waals surface area contributed by atoms with Crippen LogP contribution in [-0.2, 0) is 9.59 Å². The van der Waals surface area contributed by atoms with E-state index in [9.17, 15) is 14.4 Å². The summed E-state index contributed by atoms with van der Waals surface area (Å²) in [6, 6.07) is -0.356. The van der Waals surface area contributed by atoms with Crippen LogP contribution < -0.4 is 10.6 Å². The summed E-state index contributed by atoms with van der Waals surface area (Å²) in [5, 5.41) is 5.30. The van der Waals surface area contributed by atoms with E-state index >= 15 is 0 Å². The Kier molecular flexibility index (Phi) is 3.54. The van der Waals surface area contributed by atoms with E-state index in [4.69, 9.17) is 0 Å². The lowest BCUT2D eigenvalue weighted by Gasteiger charge is -2.30. The minimum Gasteiger partial charge on any atom is -0.359 e. The van der Waals surface area contributed by atoms with Gasteiger partial charge in [0.2, 0.25) is 5.91 Å². The minimum atomic E-state index is -0.683. The van der Waals surface area contributed by atoms with E-state index in [-0.39, 0.29) is 30.8 Å². The zero-order valence-corrected chi connectivity index (χ0v) is 10.6. The quantitative estimate of drug-likeness (QED) is 0.714. The van der Waals surface area contributed by atoms with Gasteiger partial charge in [0.15, 0.2) is 0 Å². The Morgan fingerprint density at radius 1 is 1.33 bits per heavy atom. The fourth-order valence-corrected chi connectivity index (χ4v) is 2.71. The molecule has 0 aromatic heterocycles. The van der Waals surface area contributed by atoms with E-state index < -0.39 is 5.54 Å². The van der Waals surface area contributed by atoms with Crippen LogP contribution in [0.15, 0.2) is 0 Å². The average molecular weight is 253 g/mol. The zero-order chi connectivity index (χ0) is 13.2. The first-order valence-corrected chi connectivity index (χ1v) is 6.44. The molecule has 2 N–H and O–H groups in total. The SMILES string of the molecule is CNC(=O)CCN1C(=O)NC2(CCCCC2)C1=O. The van der Waals surface area contributed by atoms with Gasteiger partial charge in [-0.05, 0) is 12.8 Å². The minimum absolute atomic E-state index is 0.156. The van der Waals surface area contributed by atoms with Crippen molar-refractivity contribution in [2.75, 3.05) is 13.6 Å². The monoisotopic (exact) mass is 253 g/mol. The summed E-state index contributed by atoms with van der Waals surface area (Å²) in [4.78, 5) is 36.5. The summed E-state index contributed by atoms with van der Waals surface area (Å²) >= 11 is 0. The predicted octanol–water partition coefficient (Wildman–Crippen LogP) is 0.377. The lowest BCUT2D eigenvalue weighted by molar-refractivity contribution is -0.132. The maximum Gasteiger partial charge on any atom is 0.325 e. The molecule has 0 aromatic carbocycles. The molecule has 1 aliphatic heterocycles. The summed E-state index contributed by atoms with van der Waals surface area (Å²) in [5.74, 6) is -0.323. The second-order valence-electron chi connectivity index (χ2n) is 4.95. The van der Waals surface area contributed by atoms with Crippen LogP contribution in [0.1, 0.15) is 38.5 Å². The molecule has 1 heterocycles. The van der Waals surface area contributed by atoms with E-state index in [0.717, 1.165) is 19.3 Å². The molecule has 0 radical (unpaired) electrons. The van der Waals surface area contributed by atoms with E-state index in [2.05, 4.69) is 10.6 Å². The largest absolute Gasteiger partial charge is 0.359 e. The van der Waals surface area contributed by atoms with Crippen molar-refractivity contribution < 1.29 is 14.4 Å². The van der Waals surface area contributed by atoms with Crippen LogP contribution in [0.3, 0.4) is 0 Å². The van der Waals surface area contributed by atoms with Crippen molar-refractivity contribution in [1.29, 1.82) is 0 Å². The van der Waals surface area contributed by atoms with Gasteiger partial charge in [0.25, 0.3) is 5.91 Å². The summed E-state index contributed by atoms with van der Waals surface area (Å²) in [7, 11) is 1.54. The van der Waals surface area contributed by atoms with Crippen LogP contribution in [0.5, 0.6) is 0 Å². The molecule has 1 saturated carbocycles. The molecule has 6 nitrogen and oxygen atoms in total. The highest BCUT2D eigenvalue weighted by atomic mass is 16.2. The summed E-state index contributed by atoms with van der Waals surface area (Å²) in [6.45, 7) is 0.159. The van der Waals surface area contributed by atoms with Crippen molar-refractivity contribution in [3.63, 3.8) is 0 Å². The fourth-order valence-electron chi connectivity index (χ4n) is 2.71. The third-order valence-electron chi connectivity index (χ3n) is 3.79. The predicted molar refractivity (Wildman–Crippen MR) is 64.7 cm³/mol. The number of amides is 4. The summed E-state index contributed by atoms with van der Waals surface area (Å²) in [6.07, 6.45) is 4.64. The molecular weight excluding hydrogens is 234 g/mol. The Labute approximate surface area is 106 Å². The highest BCUT2D eigenvalue weighted by Gasteiger charge is 2.50. The number of nitrogens with one attached hydrogen (secondary N) is 2. The molecule has 1 saturated heterocycles. The molecule has 18 heavy (non-hydrogen) atoms. The van der Waals surface area contributed by atoms with Crippen molar-refractivity contribution in [3.05, 3.63) is 0 Å². The Morgan fingerprint density at radius 2 is 2.00 bits per heavy atom. The van der Waals surface area contributed by atoms with Crippen molar-refractivity contribution in [1.82, 2.24) is 15.5 Å². The molecule has 1 aliphatic carbocycles. The fraction of sp³-hybridized carbons (Fsp3) is 0.750. The third kappa shape index (κ3) is 2.19. The normalized spacial score (nSPS) is 22.2. The number of hydrogen-bond acceptors (Lipinski definition) is 3. The number of imide groups is 1. The lowest BCUT2D eigenvalue weighted by Crippen LogP contribution is -2.48. The van der Waals surface area contributed by atoms with Gasteiger partial charge in [-0.3, -0.25) is 14.5 Å². The number of carbonyl (C=O) groups excluding carboxylic acids is 3. The van der Waals surface area contributed by atoms with Crippen molar-refractivity contribution in [3.8, 4) is 0 Å². The third-order valence-corrected chi connectivity index (χ3v) is 3.79. The Morgan fingerprint density at radius 3 is 2.61 bits per heavy atom. The first-order chi connectivity index (χ1) is 8.59. The maximum atomic E-state index is 12.3. The highest BCUT2D eigenvalue weighted by molar-refractivity contribution is 6.07. The molecular formula is C12H19N3O3. The molecule has 0 aromatic rings. The van der Waals surface area contributed by atoms with Crippen LogP contribution in [0, 0.1) is 0 Å². The second-order valence-corrected chi connectivity index (χ2v) is 4.95. The van der Waals surface area contributed by atoms with Crippen molar-refractivity contribution in [2.45, 2.75) is 44.1 Å². The Balaban J connectivity index is 2.02. The van der Waals surface area contributed by atoms with Gasteiger partial charge in [-0.2, -0.15) is 0 Å². The second kappa shape index (κ2) is 4.96. The molecule has 6 heteroatoms. The summed E-state index contributed by atoms with van der Waals surface area (Å²) < 4.78 is 0. The van der Waals surface area contributed by atoms with Gasteiger partial charge in [-0.15, -0.1) is 0 Å². The summed E-state index contributed by atoms with van der Waals surface area (Å²) in [5.41, 5.74) is -0.683. The zero-order valence-electron chi connectivity index (χ0n) is 10.6. The molecule has 4 amide bonds. The first-order valence-electron chi connectivity index (χ1n) is 6.44. The van der Waals surface area contributed by atoms with Gasteiger partial charge in [0, 0.05) is 20.0 Å². The van der Waals surface area contributed by atoms with E-state index in [1.165, 1.54) is 11.9 Å². The van der Waals surface area contributed by atoms with Crippen LogP contribution >= 0.6 is 0 Å². The van der Waals surface area contributed by atoms with Gasteiger partial charge in [-0.1, -0.05) is 19.3 Å². The molecule has 100 valence electrons. The smallest absolute Gasteiger partial charge is 0.325 e. The Hall–Kier alpha value is -1.59. The van der Waals surface area contributed by atoms with Crippen LogP contribution in [-0.4, -0.2) is 41.9 Å². The van der Waals surface area contributed by atoms with Crippen molar-refractivity contribution >= 4 is 17.8 Å². The number of nitrogens with zero attached hydrogens (tertiary/aromatic N) is 1. The number of hydrogen-bond donors (Lipinski definition) is 2. The van der Waals surface area contributed by atoms with Gasteiger partial charge in [0.05, 0.1) is 0 Å². The van der Waals surface area contributed by atoms with Gasteiger partial charge in [0.1, 0.15) is 5.54 Å². The van der Waals surface area contributed by atoms with Gasteiger partial charge >= 0.3 is 6.03 Å². The molecule has 2 fully saturated rings. The first kappa shape index (κ1) is 12.9. The van der Waals surface area contributed by atoms with Gasteiger partial charge < -0.3 is 10.6 Å². The van der Waals surface area contributed by atoms with Crippen LogP contribution in [0.4, 0.5) is 4.79 Å². The molecule has 0 bridgehead atoms. The van der Waals surface area contributed by atoms with E-state index in [0.29, 0.717) is 12.8 Å². The molecule has 0 unspecified atom stereocenters. The average Bonchev–Trinajstić information content (AvgIpc) is 2.60. The number of rotatable bonds is 3. The highest BCUT2D eigenvalue weighted by Crippen LogP contribution is 2.33. The van der Waals surface area contributed by atoms with E-state index in [1.54, 1.807) is 0 Å². The van der Waals surface area contributed by atoms with Gasteiger partial charge in [-0.25, -0.2) is 4.79 Å². The number of carbonyl (C=O) groups is 3. The Bertz CT molecular complexity index is 375. The maximum absolute atomic E-state index is 12.3. The molecule has 0 atom stereocenters.